The molecule has 0 radical (unpaired) electrons. The van der Waals surface area contributed by atoms with Crippen LogP contribution in [0.4, 0.5) is 23.1 Å². The molecule has 2 aromatic carbocycles. The Bertz CT molecular complexity index is 2630. The van der Waals surface area contributed by atoms with E-state index in [4.69, 9.17) is 37.7 Å². The Morgan fingerprint density at radius 1 is 0.970 bits per heavy atom. The first kappa shape index (κ1) is 45.7. The zero-order chi connectivity index (χ0) is 46.6. The summed E-state index contributed by atoms with van der Waals surface area (Å²) in [6.45, 7) is 11.8. The Morgan fingerprint density at radius 3 is 2.45 bits per heavy atom. The Kier molecular flexibility index (Phi) is 12.9. The fourth-order valence-corrected chi connectivity index (χ4v) is 10.8. The van der Waals surface area contributed by atoms with E-state index in [-0.39, 0.29) is 72.4 Å². The van der Waals surface area contributed by atoms with Crippen LogP contribution in [-0.4, -0.2) is 125 Å². The molecule has 19 heteroatoms. The fourth-order valence-electron chi connectivity index (χ4n) is 10.3. The maximum absolute atomic E-state index is 13.5. The first-order valence-electron chi connectivity index (χ1n) is 22.9. The highest BCUT2D eigenvalue weighted by molar-refractivity contribution is 6.35. The van der Waals surface area contributed by atoms with Crippen LogP contribution < -0.4 is 36.0 Å². The summed E-state index contributed by atoms with van der Waals surface area (Å²) in [5.74, 6) is -0.182. The van der Waals surface area contributed by atoms with Crippen LogP contribution in [0.3, 0.4) is 0 Å². The van der Waals surface area contributed by atoms with Crippen molar-refractivity contribution in [3.8, 4) is 5.75 Å². The van der Waals surface area contributed by atoms with Crippen molar-refractivity contribution in [3.63, 3.8) is 0 Å². The Morgan fingerprint density at radius 2 is 1.74 bits per heavy atom. The van der Waals surface area contributed by atoms with Gasteiger partial charge in [0, 0.05) is 86.5 Å². The topological polar surface area (TPSA) is 184 Å². The van der Waals surface area contributed by atoms with Crippen LogP contribution >= 0.6 is 23.2 Å². The van der Waals surface area contributed by atoms with E-state index in [1.54, 1.807) is 21.7 Å². The lowest BCUT2D eigenvalue weighted by atomic mass is 9.86. The highest BCUT2D eigenvalue weighted by Gasteiger charge is 2.45. The summed E-state index contributed by atoms with van der Waals surface area (Å²) in [5, 5.41) is 9.89. The van der Waals surface area contributed by atoms with Crippen molar-refractivity contribution in [1.29, 1.82) is 0 Å². The van der Waals surface area contributed by atoms with Crippen molar-refractivity contribution >= 4 is 80.9 Å². The Balaban J connectivity index is 0.762. The lowest BCUT2D eigenvalue weighted by Crippen LogP contribution is -2.59. The van der Waals surface area contributed by atoms with Gasteiger partial charge < -0.3 is 39.4 Å². The minimum Gasteiger partial charge on any atom is -0.478 e. The van der Waals surface area contributed by atoms with Crippen LogP contribution in [-0.2, 0) is 19.1 Å². The largest absolute Gasteiger partial charge is 0.478 e. The Labute approximate surface area is 393 Å². The fraction of sp³-hybridized carbons (Fsp3) is 0.511. The molecule has 17 nitrogen and oxygen atoms in total. The van der Waals surface area contributed by atoms with Crippen molar-refractivity contribution < 1.29 is 28.7 Å². The summed E-state index contributed by atoms with van der Waals surface area (Å²) in [5.41, 5.74) is 3.29. The number of aromatic nitrogens is 3. The van der Waals surface area contributed by atoms with Gasteiger partial charge in [-0.1, -0.05) is 23.2 Å². The minimum atomic E-state index is -0.703. The first-order valence-corrected chi connectivity index (χ1v) is 23.7. The number of nitrogens with zero attached hydrogens (tertiary/aromatic N) is 7. The summed E-state index contributed by atoms with van der Waals surface area (Å²) >= 11 is 13.7. The number of piperazine rings is 1. The van der Waals surface area contributed by atoms with Gasteiger partial charge in [-0.3, -0.25) is 34.2 Å². The number of likely N-dealkylation sites (N-methyl/N-ethyl adjacent to an activating group) is 1. The van der Waals surface area contributed by atoms with Gasteiger partial charge in [-0.2, -0.15) is 4.98 Å². The lowest BCUT2D eigenvalue weighted by molar-refractivity contribution is -0.137. The molecule has 5 aliphatic rings. The number of carbonyl (C=O) groups excluding carboxylic acids is 4. The maximum Gasteiger partial charge on any atom is 0.293 e. The van der Waals surface area contributed by atoms with Crippen molar-refractivity contribution in [2.24, 2.45) is 0 Å². The molecule has 3 saturated heterocycles. The molecule has 4 aromatic rings. The van der Waals surface area contributed by atoms with Crippen molar-refractivity contribution in [3.05, 3.63) is 74.1 Å². The minimum absolute atomic E-state index is 0.0898. The lowest BCUT2D eigenvalue weighted by Gasteiger charge is -2.50. The number of anilines is 4. The SMILES string of the molecule is CNC(=O)COc1cc2cc(Nc3nc(N4CCC(OC5CC(N6CCN(c7ccc8c(c7Cl)[C@H](C)N([C@@H]7CCC(=O)NC7=O)C8=O)[C@H](C)C6)C5)CC4)ncc3Cl)ccc2n(C(C)C)c1=O. The number of ether oxygens (including phenoxy) is 2. The van der Waals surface area contributed by atoms with Gasteiger partial charge in [-0.05, 0) is 96.2 Å². The van der Waals surface area contributed by atoms with Gasteiger partial charge in [-0.25, -0.2) is 4.98 Å². The van der Waals surface area contributed by atoms with Gasteiger partial charge in [0.25, 0.3) is 17.4 Å². The Hall–Kier alpha value is -5.49. The van der Waals surface area contributed by atoms with Crippen molar-refractivity contribution in [1.82, 2.24) is 35.0 Å². The van der Waals surface area contributed by atoms with Crippen molar-refractivity contribution in [2.45, 2.75) is 109 Å². The van der Waals surface area contributed by atoms with Crippen LogP contribution in [0.25, 0.3) is 10.9 Å². The van der Waals surface area contributed by atoms with Crippen LogP contribution in [0.15, 0.2) is 47.4 Å². The molecule has 1 aliphatic carbocycles. The van der Waals surface area contributed by atoms with E-state index >= 15 is 0 Å². The molecule has 9 rings (SSSR count). The number of hydrogen-bond donors (Lipinski definition) is 3. The molecule has 66 heavy (non-hydrogen) atoms. The molecule has 0 spiro atoms. The number of halogens is 2. The third-order valence-corrected chi connectivity index (χ3v) is 14.5. The van der Waals surface area contributed by atoms with Crippen molar-refractivity contribution in [2.75, 3.05) is 61.5 Å². The zero-order valence-electron chi connectivity index (χ0n) is 37.8. The first-order chi connectivity index (χ1) is 31.7. The van der Waals surface area contributed by atoms with E-state index < -0.39 is 11.9 Å². The molecular weight excluding hydrogens is 887 g/mol. The van der Waals surface area contributed by atoms with Gasteiger partial charge in [0.1, 0.15) is 11.1 Å². The molecule has 0 bridgehead atoms. The van der Waals surface area contributed by atoms with E-state index in [1.807, 2.05) is 51.1 Å². The standard InChI is InChI=1S/C47H56Cl2N10O7/c1-25(2)58-35-8-6-29(18-28(35)19-38(46(58)64)65-24-40(61)50-5)52-43-34(48)22-51-47(54-43)55-14-12-31(13-15-55)66-32-20-30(21-32)56-16-17-57(26(3)23-56)36-9-7-33-41(42(36)49)27(4)59(45(33)63)37-10-11-39(60)53-44(37)62/h6-9,18-19,22,25-27,30-32,37H,10-17,20-21,23-24H2,1-5H3,(H,50,61)(H,51,52,54)(H,53,60,62)/t26-,27+,30?,32?,37-/m1/s1. The predicted octanol–water partition coefficient (Wildman–Crippen LogP) is 5.60. The van der Waals surface area contributed by atoms with Gasteiger partial charge in [0.2, 0.25) is 17.8 Å². The average molecular weight is 944 g/mol. The number of fused-ring (bicyclic) bond motifs is 2. The molecule has 350 valence electrons. The van der Waals surface area contributed by atoms with Crippen LogP contribution in [0.1, 0.15) is 94.2 Å². The van der Waals surface area contributed by atoms with Gasteiger partial charge in [0.05, 0.1) is 40.7 Å². The number of pyridine rings is 1. The van der Waals surface area contributed by atoms with Gasteiger partial charge >= 0.3 is 0 Å². The number of amides is 4. The molecule has 0 unspecified atom stereocenters. The number of hydrogen-bond acceptors (Lipinski definition) is 13. The third kappa shape index (κ3) is 8.77. The summed E-state index contributed by atoms with van der Waals surface area (Å²) in [6, 6.07) is 10.5. The van der Waals surface area contributed by atoms with E-state index in [1.165, 1.54) is 7.05 Å². The maximum atomic E-state index is 13.5. The normalized spacial score (nSPS) is 23.8. The summed E-state index contributed by atoms with van der Waals surface area (Å²) < 4.78 is 13.9. The molecule has 3 atom stereocenters. The van der Waals surface area contributed by atoms with Crippen LogP contribution in [0, 0.1) is 0 Å². The van der Waals surface area contributed by atoms with E-state index in [2.05, 4.69) is 42.6 Å². The van der Waals surface area contributed by atoms with Crippen LogP contribution in [0.5, 0.6) is 5.75 Å². The number of piperidine rings is 2. The van der Waals surface area contributed by atoms with E-state index in [0.717, 1.165) is 80.6 Å². The highest BCUT2D eigenvalue weighted by Crippen LogP contribution is 2.45. The molecule has 4 amide bonds. The number of rotatable bonds is 12. The van der Waals surface area contributed by atoms with Gasteiger partial charge in [0.15, 0.2) is 18.2 Å². The number of carbonyl (C=O) groups is 4. The predicted molar refractivity (Wildman–Crippen MR) is 252 cm³/mol. The molecule has 4 aliphatic heterocycles. The number of benzene rings is 2. The molecule has 2 aromatic heterocycles. The monoisotopic (exact) mass is 942 g/mol. The quantitative estimate of drug-likeness (QED) is 0.150. The summed E-state index contributed by atoms with van der Waals surface area (Å²) in [7, 11) is 1.51. The average Bonchev–Trinajstić information content (AvgIpc) is 3.53. The molecule has 3 N–H and O–H groups in total. The van der Waals surface area contributed by atoms with E-state index in [9.17, 15) is 24.0 Å². The highest BCUT2D eigenvalue weighted by atomic mass is 35.5. The second kappa shape index (κ2) is 18.7. The molecule has 6 heterocycles. The molecule has 1 saturated carbocycles. The second-order valence-corrected chi connectivity index (χ2v) is 19.1. The zero-order valence-corrected chi connectivity index (χ0v) is 39.3. The molecule has 4 fully saturated rings. The number of nitrogens with one attached hydrogen (secondary N) is 3. The van der Waals surface area contributed by atoms with E-state index in [0.29, 0.717) is 45.5 Å². The summed E-state index contributed by atoms with van der Waals surface area (Å²) in [6.07, 6.45) is 6.18. The number of imide groups is 1. The smallest absolute Gasteiger partial charge is 0.293 e. The molecular formula is C47H56Cl2N10O7. The summed E-state index contributed by atoms with van der Waals surface area (Å²) in [4.78, 5) is 81.2. The second-order valence-electron chi connectivity index (χ2n) is 18.3. The van der Waals surface area contributed by atoms with Gasteiger partial charge in [-0.15, -0.1) is 0 Å². The van der Waals surface area contributed by atoms with Crippen LogP contribution in [0.2, 0.25) is 10.0 Å². The third-order valence-electron chi connectivity index (χ3n) is 13.8.